The first-order valence-corrected chi connectivity index (χ1v) is 6.45. The molecular formula is C10H9BrCl2N2O4. The lowest BCUT2D eigenvalue weighted by atomic mass is 10.3. The molecule has 0 bridgehead atoms. The van der Waals surface area contributed by atoms with Gasteiger partial charge in [0.2, 0.25) is 0 Å². The summed E-state index contributed by atoms with van der Waals surface area (Å²) in [4.78, 5) is 22.2. The minimum absolute atomic E-state index is 0.145. The van der Waals surface area contributed by atoms with Gasteiger partial charge in [0.05, 0.1) is 22.3 Å². The van der Waals surface area contributed by atoms with Crippen molar-refractivity contribution in [1.29, 1.82) is 0 Å². The van der Waals surface area contributed by atoms with Crippen molar-refractivity contribution >= 4 is 56.8 Å². The fourth-order valence-electron chi connectivity index (χ4n) is 1.15. The summed E-state index contributed by atoms with van der Waals surface area (Å²) in [5.41, 5.74) is 0.145. The van der Waals surface area contributed by atoms with Crippen molar-refractivity contribution in [1.82, 2.24) is 5.32 Å². The highest BCUT2D eigenvalue weighted by molar-refractivity contribution is 9.10. The van der Waals surface area contributed by atoms with Gasteiger partial charge in [-0.3, -0.25) is 0 Å². The Hall–Kier alpha value is -1.02. The van der Waals surface area contributed by atoms with Crippen LogP contribution in [0.15, 0.2) is 16.6 Å². The fourth-order valence-corrected chi connectivity index (χ4v) is 2.46. The van der Waals surface area contributed by atoms with Crippen molar-refractivity contribution in [3.05, 3.63) is 26.7 Å². The van der Waals surface area contributed by atoms with E-state index < -0.39 is 24.6 Å². The molecule has 1 atom stereocenters. The number of benzene rings is 1. The highest BCUT2D eigenvalue weighted by Gasteiger charge is 2.19. The van der Waals surface area contributed by atoms with E-state index in [2.05, 4.69) is 26.6 Å². The van der Waals surface area contributed by atoms with Crippen LogP contribution in [0.5, 0.6) is 0 Å². The van der Waals surface area contributed by atoms with E-state index in [1.165, 1.54) is 12.1 Å². The summed E-state index contributed by atoms with van der Waals surface area (Å²) < 4.78 is 0.632. The van der Waals surface area contributed by atoms with Crippen molar-refractivity contribution < 1.29 is 19.8 Å². The van der Waals surface area contributed by atoms with Gasteiger partial charge in [0.25, 0.3) is 0 Å². The summed E-state index contributed by atoms with van der Waals surface area (Å²) in [5, 5.41) is 22.2. The first-order chi connectivity index (χ1) is 8.85. The monoisotopic (exact) mass is 370 g/mol. The summed E-state index contributed by atoms with van der Waals surface area (Å²) in [5.74, 6) is -1.36. The SMILES string of the molecule is O=C(Nc1c(Cl)cc(Br)cc1Cl)N[C@@H](CO)C(=O)O. The molecule has 0 aromatic heterocycles. The van der Waals surface area contributed by atoms with Gasteiger partial charge in [0.1, 0.15) is 0 Å². The van der Waals surface area contributed by atoms with Crippen LogP contribution < -0.4 is 10.6 Å². The Morgan fingerprint density at radius 2 is 1.84 bits per heavy atom. The molecule has 0 aliphatic rings. The zero-order chi connectivity index (χ0) is 14.6. The van der Waals surface area contributed by atoms with Crippen LogP contribution in [0.3, 0.4) is 0 Å². The molecular weight excluding hydrogens is 363 g/mol. The van der Waals surface area contributed by atoms with Gasteiger partial charge in [-0.2, -0.15) is 0 Å². The van der Waals surface area contributed by atoms with Crippen LogP contribution in [0.2, 0.25) is 10.0 Å². The Balaban J connectivity index is 2.80. The van der Waals surface area contributed by atoms with Gasteiger partial charge in [0.15, 0.2) is 6.04 Å². The lowest BCUT2D eigenvalue weighted by Crippen LogP contribution is -2.45. The molecule has 2 amide bonds. The van der Waals surface area contributed by atoms with Crippen LogP contribution >= 0.6 is 39.1 Å². The van der Waals surface area contributed by atoms with Crippen LogP contribution in [0.1, 0.15) is 0 Å². The number of carboxylic acids is 1. The average molecular weight is 372 g/mol. The number of aliphatic carboxylic acids is 1. The first-order valence-electron chi connectivity index (χ1n) is 4.91. The van der Waals surface area contributed by atoms with E-state index in [9.17, 15) is 9.59 Å². The summed E-state index contributed by atoms with van der Waals surface area (Å²) in [7, 11) is 0. The van der Waals surface area contributed by atoms with E-state index in [4.69, 9.17) is 33.4 Å². The number of rotatable bonds is 4. The number of nitrogens with one attached hydrogen (secondary N) is 2. The molecule has 0 heterocycles. The molecule has 0 saturated heterocycles. The Kier molecular flexibility index (Phi) is 5.86. The number of carboxylic acid groups (broad SMARTS) is 1. The lowest BCUT2D eigenvalue weighted by molar-refractivity contribution is -0.140. The molecule has 0 fully saturated rings. The van der Waals surface area contributed by atoms with E-state index in [0.29, 0.717) is 4.47 Å². The van der Waals surface area contributed by atoms with E-state index in [0.717, 1.165) is 0 Å². The topological polar surface area (TPSA) is 98.7 Å². The van der Waals surface area contributed by atoms with Gasteiger partial charge in [-0.15, -0.1) is 0 Å². The Bertz CT molecular complexity index is 489. The van der Waals surface area contributed by atoms with Crippen LogP contribution in [0, 0.1) is 0 Å². The number of hydrogen-bond donors (Lipinski definition) is 4. The first kappa shape index (κ1) is 16.0. The largest absolute Gasteiger partial charge is 0.480 e. The van der Waals surface area contributed by atoms with Crippen LogP contribution in [0.4, 0.5) is 10.5 Å². The predicted molar refractivity (Wildman–Crippen MR) is 74.8 cm³/mol. The molecule has 19 heavy (non-hydrogen) atoms. The fraction of sp³-hybridized carbons (Fsp3) is 0.200. The molecule has 1 rings (SSSR count). The number of carbonyl (C=O) groups excluding carboxylic acids is 1. The third kappa shape index (κ3) is 4.54. The molecule has 0 unspecified atom stereocenters. The standard InChI is InChI=1S/C10H9BrCl2N2O4/c11-4-1-5(12)8(6(13)2-4)15-10(19)14-7(3-16)9(17)18/h1-2,7,16H,3H2,(H,17,18)(H2,14,15,19)/t7-/m0/s1. The second-order valence-corrected chi connectivity index (χ2v) is 5.15. The zero-order valence-electron chi connectivity index (χ0n) is 9.28. The number of urea groups is 1. The highest BCUT2D eigenvalue weighted by Crippen LogP contribution is 2.33. The maximum atomic E-state index is 11.5. The van der Waals surface area contributed by atoms with E-state index in [-0.39, 0.29) is 15.7 Å². The van der Waals surface area contributed by atoms with E-state index >= 15 is 0 Å². The van der Waals surface area contributed by atoms with Crippen LogP contribution in [-0.2, 0) is 4.79 Å². The Labute approximate surface area is 126 Å². The second kappa shape index (κ2) is 6.95. The van der Waals surface area contributed by atoms with Crippen LogP contribution in [0.25, 0.3) is 0 Å². The molecule has 9 heteroatoms. The average Bonchev–Trinajstić information content (AvgIpc) is 2.30. The van der Waals surface area contributed by atoms with Gasteiger partial charge < -0.3 is 20.8 Å². The number of anilines is 1. The molecule has 0 radical (unpaired) electrons. The van der Waals surface area contributed by atoms with E-state index in [1.807, 2.05) is 0 Å². The zero-order valence-corrected chi connectivity index (χ0v) is 12.4. The minimum Gasteiger partial charge on any atom is -0.480 e. The molecule has 0 aliphatic carbocycles. The molecule has 0 aliphatic heterocycles. The predicted octanol–water partition coefficient (Wildman–Crippen LogP) is 2.32. The molecule has 0 spiro atoms. The lowest BCUT2D eigenvalue weighted by Gasteiger charge is -2.14. The van der Waals surface area contributed by atoms with Gasteiger partial charge in [-0.1, -0.05) is 39.1 Å². The van der Waals surface area contributed by atoms with Crippen molar-refractivity contribution in [2.75, 3.05) is 11.9 Å². The molecule has 4 N–H and O–H groups in total. The van der Waals surface area contributed by atoms with Crippen molar-refractivity contribution in [2.45, 2.75) is 6.04 Å². The molecule has 1 aromatic rings. The third-order valence-electron chi connectivity index (χ3n) is 2.03. The number of hydrogen-bond acceptors (Lipinski definition) is 3. The summed E-state index contributed by atoms with van der Waals surface area (Å²) in [6.07, 6.45) is 0. The summed E-state index contributed by atoms with van der Waals surface area (Å²) >= 11 is 15.0. The normalized spacial score (nSPS) is 11.8. The molecule has 104 valence electrons. The maximum Gasteiger partial charge on any atom is 0.328 e. The highest BCUT2D eigenvalue weighted by atomic mass is 79.9. The Morgan fingerprint density at radius 1 is 1.32 bits per heavy atom. The van der Waals surface area contributed by atoms with Gasteiger partial charge >= 0.3 is 12.0 Å². The second-order valence-electron chi connectivity index (χ2n) is 3.42. The van der Waals surface area contributed by atoms with Gasteiger partial charge in [0, 0.05) is 4.47 Å². The number of amides is 2. The summed E-state index contributed by atoms with van der Waals surface area (Å²) in [6.45, 7) is -0.732. The van der Waals surface area contributed by atoms with E-state index in [1.54, 1.807) is 0 Å². The number of aliphatic hydroxyl groups is 1. The maximum absolute atomic E-state index is 11.5. The quantitative estimate of drug-likeness (QED) is 0.652. The molecule has 6 nitrogen and oxygen atoms in total. The number of halogens is 3. The number of aliphatic hydroxyl groups excluding tert-OH is 1. The van der Waals surface area contributed by atoms with Gasteiger partial charge in [-0.25, -0.2) is 9.59 Å². The summed E-state index contributed by atoms with van der Waals surface area (Å²) in [6, 6.07) is 0.786. The minimum atomic E-state index is -1.41. The third-order valence-corrected chi connectivity index (χ3v) is 3.09. The molecule has 0 saturated carbocycles. The molecule has 1 aromatic carbocycles. The van der Waals surface area contributed by atoms with Gasteiger partial charge in [-0.05, 0) is 12.1 Å². The smallest absolute Gasteiger partial charge is 0.328 e. The Morgan fingerprint density at radius 3 is 2.26 bits per heavy atom. The number of carbonyl (C=O) groups is 2. The van der Waals surface area contributed by atoms with Crippen LogP contribution in [-0.4, -0.2) is 34.9 Å². The van der Waals surface area contributed by atoms with Crippen molar-refractivity contribution in [2.24, 2.45) is 0 Å². The van der Waals surface area contributed by atoms with Crippen molar-refractivity contribution in [3.8, 4) is 0 Å². The van der Waals surface area contributed by atoms with Crippen molar-refractivity contribution in [3.63, 3.8) is 0 Å².